The predicted molar refractivity (Wildman–Crippen MR) is 99.8 cm³/mol. The Morgan fingerprint density at radius 2 is 1.80 bits per heavy atom. The molecule has 0 saturated heterocycles. The lowest BCUT2D eigenvalue weighted by atomic mass is 10.1. The highest BCUT2D eigenvalue weighted by atomic mass is 16.2. The molecule has 0 aliphatic heterocycles. The topological polar surface area (TPSA) is 71.1 Å². The highest BCUT2D eigenvalue weighted by Gasteiger charge is 2.12. The largest absolute Gasteiger partial charge is 0.351 e. The van der Waals surface area contributed by atoms with E-state index in [2.05, 4.69) is 36.4 Å². The van der Waals surface area contributed by atoms with Gasteiger partial charge >= 0.3 is 0 Å². The van der Waals surface area contributed by atoms with Gasteiger partial charge in [-0.15, -0.1) is 0 Å². The molecule has 0 unspecified atom stereocenters. The molecule has 2 amide bonds. The SMILES string of the molecule is CCc1ccc(NC(=O)c2ccnc(C(=O)NCCC(C)C)c2)cc1. The molecule has 25 heavy (non-hydrogen) atoms. The zero-order chi connectivity index (χ0) is 18.2. The van der Waals surface area contributed by atoms with E-state index >= 15 is 0 Å². The molecular formula is C20H25N3O2. The first-order valence-corrected chi connectivity index (χ1v) is 8.64. The zero-order valence-corrected chi connectivity index (χ0v) is 15.0. The minimum absolute atomic E-state index is 0.248. The number of nitrogens with zero attached hydrogens (tertiary/aromatic N) is 1. The molecule has 0 atom stereocenters. The zero-order valence-electron chi connectivity index (χ0n) is 15.0. The predicted octanol–water partition coefficient (Wildman–Crippen LogP) is 3.67. The minimum Gasteiger partial charge on any atom is -0.351 e. The quantitative estimate of drug-likeness (QED) is 0.808. The van der Waals surface area contributed by atoms with Gasteiger partial charge in [-0.2, -0.15) is 0 Å². The van der Waals surface area contributed by atoms with E-state index in [4.69, 9.17) is 0 Å². The van der Waals surface area contributed by atoms with Crippen LogP contribution in [0, 0.1) is 5.92 Å². The average Bonchev–Trinajstić information content (AvgIpc) is 2.62. The first-order chi connectivity index (χ1) is 12.0. The summed E-state index contributed by atoms with van der Waals surface area (Å²) in [5.41, 5.74) is 2.59. The number of aromatic nitrogens is 1. The van der Waals surface area contributed by atoms with Crippen LogP contribution in [0.15, 0.2) is 42.6 Å². The van der Waals surface area contributed by atoms with Crippen LogP contribution in [0.5, 0.6) is 0 Å². The van der Waals surface area contributed by atoms with Crippen molar-refractivity contribution in [1.29, 1.82) is 0 Å². The number of benzene rings is 1. The Morgan fingerprint density at radius 1 is 1.08 bits per heavy atom. The summed E-state index contributed by atoms with van der Waals surface area (Å²) in [6, 6.07) is 10.8. The van der Waals surface area contributed by atoms with Crippen LogP contribution < -0.4 is 10.6 Å². The Labute approximate surface area is 148 Å². The number of hydrogen-bond acceptors (Lipinski definition) is 3. The molecule has 2 rings (SSSR count). The van der Waals surface area contributed by atoms with Crippen LogP contribution in [-0.4, -0.2) is 23.3 Å². The molecule has 5 nitrogen and oxygen atoms in total. The summed E-state index contributed by atoms with van der Waals surface area (Å²) in [6.45, 7) is 6.88. The Bertz CT molecular complexity index is 724. The van der Waals surface area contributed by atoms with Gasteiger partial charge in [-0.05, 0) is 48.6 Å². The van der Waals surface area contributed by atoms with E-state index < -0.39 is 0 Å². The lowest BCUT2D eigenvalue weighted by molar-refractivity contribution is 0.0947. The number of carbonyl (C=O) groups is 2. The maximum atomic E-state index is 12.4. The third kappa shape index (κ3) is 5.71. The van der Waals surface area contributed by atoms with Gasteiger partial charge in [0.25, 0.3) is 11.8 Å². The van der Waals surface area contributed by atoms with Crippen molar-refractivity contribution in [3.05, 3.63) is 59.4 Å². The van der Waals surface area contributed by atoms with Crippen LogP contribution >= 0.6 is 0 Å². The van der Waals surface area contributed by atoms with E-state index in [-0.39, 0.29) is 17.5 Å². The van der Waals surface area contributed by atoms with Crippen LogP contribution in [0.25, 0.3) is 0 Å². The van der Waals surface area contributed by atoms with Gasteiger partial charge in [-0.25, -0.2) is 0 Å². The van der Waals surface area contributed by atoms with Gasteiger partial charge in [-0.1, -0.05) is 32.9 Å². The van der Waals surface area contributed by atoms with Crippen molar-refractivity contribution >= 4 is 17.5 Å². The third-order valence-electron chi connectivity index (χ3n) is 3.88. The summed E-state index contributed by atoms with van der Waals surface area (Å²) in [4.78, 5) is 28.6. The van der Waals surface area contributed by atoms with Crippen molar-refractivity contribution in [3.8, 4) is 0 Å². The van der Waals surface area contributed by atoms with Gasteiger partial charge in [0.1, 0.15) is 5.69 Å². The van der Waals surface area contributed by atoms with E-state index in [9.17, 15) is 9.59 Å². The van der Waals surface area contributed by atoms with Crippen molar-refractivity contribution in [2.45, 2.75) is 33.6 Å². The molecule has 1 aromatic carbocycles. The molecule has 0 spiro atoms. The van der Waals surface area contributed by atoms with Gasteiger partial charge in [-0.3, -0.25) is 14.6 Å². The first kappa shape index (κ1) is 18.6. The Morgan fingerprint density at radius 3 is 2.44 bits per heavy atom. The molecule has 0 aliphatic carbocycles. The molecule has 0 fully saturated rings. The van der Waals surface area contributed by atoms with Crippen molar-refractivity contribution in [3.63, 3.8) is 0 Å². The number of anilines is 1. The van der Waals surface area contributed by atoms with Gasteiger partial charge in [0.15, 0.2) is 0 Å². The highest BCUT2D eigenvalue weighted by molar-refractivity contribution is 6.05. The average molecular weight is 339 g/mol. The minimum atomic E-state index is -0.261. The van der Waals surface area contributed by atoms with Gasteiger partial charge in [0.05, 0.1) is 0 Å². The van der Waals surface area contributed by atoms with E-state index in [1.807, 2.05) is 24.3 Å². The maximum absolute atomic E-state index is 12.4. The van der Waals surface area contributed by atoms with Crippen LogP contribution in [0.3, 0.4) is 0 Å². The molecule has 0 saturated carbocycles. The van der Waals surface area contributed by atoms with Gasteiger partial charge in [0.2, 0.25) is 0 Å². The molecule has 132 valence electrons. The van der Waals surface area contributed by atoms with E-state index in [1.54, 1.807) is 6.07 Å². The number of rotatable bonds is 7. The molecule has 0 radical (unpaired) electrons. The van der Waals surface area contributed by atoms with E-state index in [0.717, 1.165) is 18.5 Å². The maximum Gasteiger partial charge on any atom is 0.269 e. The Balaban J connectivity index is 2.01. The summed E-state index contributed by atoms with van der Waals surface area (Å²) in [6.07, 6.45) is 3.33. The third-order valence-corrected chi connectivity index (χ3v) is 3.88. The molecular weight excluding hydrogens is 314 g/mol. The summed E-state index contributed by atoms with van der Waals surface area (Å²) in [7, 11) is 0. The fraction of sp³-hybridized carbons (Fsp3) is 0.350. The molecule has 0 aliphatic rings. The van der Waals surface area contributed by atoms with Crippen LogP contribution in [0.1, 0.15) is 53.6 Å². The first-order valence-electron chi connectivity index (χ1n) is 8.64. The lowest BCUT2D eigenvalue weighted by Crippen LogP contribution is -2.26. The number of nitrogens with one attached hydrogen (secondary N) is 2. The van der Waals surface area contributed by atoms with E-state index in [1.165, 1.54) is 17.8 Å². The lowest BCUT2D eigenvalue weighted by Gasteiger charge is -2.09. The standard InChI is InChI=1S/C20H25N3O2/c1-4-15-5-7-17(8-6-15)23-19(24)16-10-12-21-18(13-16)20(25)22-11-9-14(2)3/h5-8,10,12-14H,4,9,11H2,1-3H3,(H,22,25)(H,23,24). The summed E-state index contributed by atoms with van der Waals surface area (Å²) in [5.74, 6) is -0.00468. The molecule has 0 bridgehead atoms. The van der Waals surface area contributed by atoms with Crippen molar-refractivity contribution in [2.75, 3.05) is 11.9 Å². The molecule has 5 heteroatoms. The van der Waals surface area contributed by atoms with Crippen LogP contribution in [0.4, 0.5) is 5.69 Å². The second-order valence-corrected chi connectivity index (χ2v) is 6.37. The smallest absolute Gasteiger partial charge is 0.269 e. The van der Waals surface area contributed by atoms with Crippen molar-refractivity contribution in [2.24, 2.45) is 5.92 Å². The number of amides is 2. The fourth-order valence-electron chi connectivity index (χ4n) is 2.29. The number of pyridine rings is 1. The molecule has 1 aromatic heterocycles. The Kier molecular flexibility index (Phi) is 6.69. The summed E-state index contributed by atoms with van der Waals surface area (Å²) < 4.78 is 0. The van der Waals surface area contributed by atoms with Crippen LogP contribution in [0.2, 0.25) is 0 Å². The number of carbonyl (C=O) groups excluding carboxylic acids is 2. The number of hydrogen-bond donors (Lipinski definition) is 2. The molecule has 2 aromatic rings. The highest BCUT2D eigenvalue weighted by Crippen LogP contribution is 2.12. The Hall–Kier alpha value is -2.69. The fourth-order valence-corrected chi connectivity index (χ4v) is 2.29. The second kappa shape index (κ2) is 8.97. The van der Waals surface area contributed by atoms with E-state index in [0.29, 0.717) is 18.0 Å². The molecule has 2 N–H and O–H groups in total. The molecule has 1 heterocycles. The van der Waals surface area contributed by atoms with Crippen LogP contribution in [-0.2, 0) is 6.42 Å². The van der Waals surface area contributed by atoms with Crippen molar-refractivity contribution < 1.29 is 9.59 Å². The van der Waals surface area contributed by atoms with Gasteiger partial charge in [0, 0.05) is 24.0 Å². The van der Waals surface area contributed by atoms with Gasteiger partial charge < -0.3 is 10.6 Å². The summed E-state index contributed by atoms with van der Waals surface area (Å²) >= 11 is 0. The monoisotopic (exact) mass is 339 g/mol. The normalized spacial score (nSPS) is 10.6. The second-order valence-electron chi connectivity index (χ2n) is 6.37. The van der Waals surface area contributed by atoms with Crippen molar-refractivity contribution in [1.82, 2.24) is 10.3 Å². The summed E-state index contributed by atoms with van der Waals surface area (Å²) in [5, 5.41) is 5.66. The number of aryl methyl sites for hydroxylation is 1.